The molecule has 7 heteroatoms. The molecule has 1 fully saturated rings. The molecule has 1 saturated heterocycles. The molecule has 1 heterocycles. The Morgan fingerprint density at radius 3 is 2.41 bits per heavy atom. The number of carboxylic acids is 1. The first-order valence-corrected chi connectivity index (χ1v) is 7.19. The second kappa shape index (κ2) is 7.02. The summed E-state index contributed by atoms with van der Waals surface area (Å²) in [4.78, 5) is 24.5. The van der Waals surface area contributed by atoms with Crippen LogP contribution in [0.4, 0.5) is 4.79 Å². The van der Waals surface area contributed by atoms with Crippen LogP contribution in [0.2, 0.25) is 0 Å². The molecule has 0 saturated carbocycles. The van der Waals surface area contributed by atoms with E-state index in [0.29, 0.717) is 31.7 Å². The zero-order chi connectivity index (χ0) is 16.1. The molecule has 0 radical (unpaired) electrons. The molecular weight excluding hydrogens is 288 g/mol. The number of nitrogens with one attached hydrogen (secondary N) is 1. The van der Waals surface area contributed by atoms with Gasteiger partial charge in [0.15, 0.2) is 6.23 Å². The minimum absolute atomic E-state index is 0.144. The molecule has 1 aliphatic rings. The van der Waals surface area contributed by atoms with Crippen molar-refractivity contribution in [1.29, 1.82) is 0 Å². The Balaban J connectivity index is 1.79. The molecule has 0 aliphatic carbocycles. The Hall–Kier alpha value is -2.44. The largest absolute Gasteiger partial charge is 0.508 e. The van der Waals surface area contributed by atoms with Crippen LogP contribution >= 0.6 is 0 Å². The van der Waals surface area contributed by atoms with E-state index in [-0.39, 0.29) is 17.7 Å². The lowest BCUT2D eigenvalue weighted by atomic mass is 9.97. The second-order valence-corrected chi connectivity index (χ2v) is 5.30. The number of amides is 2. The number of carbonyl (C=O) groups excluding carboxylic acids is 1. The van der Waals surface area contributed by atoms with Crippen molar-refractivity contribution in [3.8, 4) is 11.5 Å². The number of aliphatic carboxylic acids is 1. The number of aromatic hydroxyl groups is 1. The van der Waals surface area contributed by atoms with Crippen molar-refractivity contribution in [2.45, 2.75) is 26.0 Å². The number of rotatable bonds is 4. The average Bonchev–Trinajstić information content (AvgIpc) is 2.49. The maximum Gasteiger partial charge on any atom is 0.320 e. The molecule has 7 nitrogen and oxygen atoms in total. The Labute approximate surface area is 128 Å². The summed E-state index contributed by atoms with van der Waals surface area (Å²) in [6.45, 7) is 2.55. The molecule has 2 amide bonds. The third-order valence-corrected chi connectivity index (χ3v) is 3.61. The van der Waals surface area contributed by atoms with Gasteiger partial charge in [-0.3, -0.25) is 4.79 Å². The topological polar surface area (TPSA) is 99.1 Å². The minimum Gasteiger partial charge on any atom is -0.508 e. The van der Waals surface area contributed by atoms with E-state index in [1.165, 1.54) is 12.1 Å². The molecule has 0 aromatic heterocycles. The first kappa shape index (κ1) is 15.9. The van der Waals surface area contributed by atoms with E-state index in [2.05, 4.69) is 5.32 Å². The number of carbonyl (C=O) groups is 2. The van der Waals surface area contributed by atoms with E-state index in [9.17, 15) is 14.7 Å². The van der Waals surface area contributed by atoms with Gasteiger partial charge < -0.3 is 25.2 Å². The summed E-state index contributed by atoms with van der Waals surface area (Å²) in [5.74, 6) is -0.487. The molecule has 0 bridgehead atoms. The predicted octanol–water partition coefficient (Wildman–Crippen LogP) is 1.62. The normalized spacial score (nSPS) is 16.9. The van der Waals surface area contributed by atoms with E-state index in [1.807, 2.05) is 0 Å². The zero-order valence-electron chi connectivity index (χ0n) is 12.4. The number of benzene rings is 1. The fraction of sp³-hybridized carbons (Fsp3) is 0.467. The fourth-order valence-corrected chi connectivity index (χ4v) is 2.35. The van der Waals surface area contributed by atoms with Crippen LogP contribution < -0.4 is 10.1 Å². The van der Waals surface area contributed by atoms with E-state index in [0.717, 1.165) is 0 Å². The predicted molar refractivity (Wildman–Crippen MR) is 78.7 cm³/mol. The highest BCUT2D eigenvalue weighted by Gasteiger charge is 2.27. The van der Waals surface area contributed by atoms with Gasteiger partial charge in [-0.15, -0.1) is 0 Å². The van der Waals surface area contributed by atoms with Crippen molar-refractivity contribution in [3.63, 3.8) is 0 Å². The standard InChI is InChI=1S/C15H20N2O5/c1-10(22-13-4-2-12(18)3-5-13)16-15(21)17-8-6-11(7-9-17)14(19)20/h2-5,10-11,18H,6-9H2,1H3,(H,16,21)(H,19,20). The number of carboxylic acid groups (broad SMARTS) is 1. The monoisotopic (exact) mass is 308 g/mol. The molecule has 3 N–H and O–H groups in total. The minimum atomic E-state index is -0.802. The number of ether oxygens (including phenoxy) is 1. The molecule has 1 atom stereocenters. The number of likely N-dealkylation sites (tertiary alicyclic amines) is 1. The zero-order valence-corrected chi connectivity index (χ0v) is 12.4. The van der Waals surface area contributed by atoms with E-state index >= 15 is 0 Å². The van der Waals surface area contributed by atoms with Crippen LogP contribution in [0.5, 0.6) is 11.5 Å². The highest BCUT2D eigenvalue weighted by molar-refractivity contribution is 5.75. The SMILES string of the molecule is CC(NC(=O)N1CCC(C(=O)O)CC1)Oc1ccc(O)cc1. The summed E-state index contributed by atoms with van der Waals surface area (Å²) in [5.41, 5.74) is 0. The van der Waals surface area contributed by atoms with Gasteiger partial charge in [0.1, 0.15) is 11.5 Å². The number of hydrogen-bond donors (Lipinski definition) is 3. The van der Waals surface area contributed by atoms with Gasteiger partial charge in [0.25, 0.3) is 0 Å². The lowest BCUT2D eigenvalue weighted by Gasteiger charge is -2.31. The number of phenols is 1. The lowest BCUT2D eigenvalue weighted by molar-refractivity contribution is -0.143. The van der Waals surface area contributed by atoms with E-state index in [4.69, 9.17) is 9.84 Å². The summed E-state index contributed by atoms with van der Waals surface area (Å²) in [5, 5.41) is 20.8. The molecule has 1 aliphatic heterocycles. The van der Waals surface area contributed by atoms with Gasteiger partial charge in [-0.2, -0.15) is 0 Å². The van der Waals surface area contributed by atoms with Gasteiger partial charge in [0, 0.05) is 13.1 Å². The Morgan fingerprint density at radius 1 is 1.27 bits per heavy atom. The Kier molecular flexibility index (Phi) is 5.08. The van der Waals surface area contributed by atoms with Crippen molar-refractivity contribution in [2.75, 3.05) is 13.1 Å². The number of phenolic OH excluding ortho intramolecular Hbond substituents is 1. The van der Waals surface area contributed by atoms with Gasteiger partial charge in [-0.25, -0.2) is 4.79 Å². The summed E-state index contributed by atoms with van der Waals surface area (Å²) in [6, 6.07) is 5.95. The van der Waals surface area contributed by atoms with Gasteiger partial charge in [0.2, 0.25) is 0 Å². The number of hydrogen-bond acceptors (Lipinski definition) is 4. The average molecular weight is 308 g/mol. The van der Waals surface area contributed by atoms with E-state index in [1.54, 1.807) is 24.0 Å². The number of urea groups is 1. The van der Waals surface area contributed by atoms with Crippen molar-refractivity contribution in [2.24, 2.45) is 5.92 Å². The molecule has 2 rings (SSSR count). The highest BCUT2D eigenvalue weighted by atomic mass is 16.5. The summed E-state index contributed by atoms with van der Waals surface area (Å²) >= 11 is 0. The van der Waals surface area contributed by atoms with Crippen LogP contribution in [-0.4, -0.2) is 46.4 Å². The lowest BCUT2D eigenvalue weighted by Crippen LogP contribution is -2.49. The third kappa shape index (κ3) is 4.28. The highest BCUT2D eigenvalue weighted by Crippen LogP contribution is 2.18. The smallest absolute Gasteiger partial charge is 0.320 e. The third-order valence-electron chi connectivity index (χ3n) is 3.61. The molecule has 22 heavy (non-hydrogen) atoms. The van der Waals surface area contributed by atoms with Crippen LogP contribution in [0, 0.1) is 5.92 Å². The Morgan fingerprint density at radius 2 is 1.86 bits per heavy atom. The van der Waals surface area contributed by atoms with Gasteiger partial charge in [-0.1, -0.05) is 0 Å². The maximum atomic E-state index is 12.1. The first-order valence-electron chi connectivity index (χ1n) is 7.19. The summed E-state index contributed by atoms with van der Waals surface area (Å²) < 4.78 is 5.53. The van der Waals surface area contributed by atoms with Crippen molar-refractivity contribution in [1.82, 2.24) is 10.2 Å². The second-order valence-electron chi connectivity index (χ2n) is 5.30. The quantitative estimate of drug-likeness (QED) is 0.734. The van der Waals surface area contributed by atoms with Crippen LogP contribution in [0.15, 0.2) is 24.3 Å². The van der Waals surface area contributed by atoms with Crippen molar-refractivity contribution < 1.29 is 24.5 Å². The van der Waals surface area contributed by atoms with Crippen LogP contribution in [0.25, 0.3) is 0 Å². The molecule has 1 unspecified atom stereocenters. The van der Waals surface area contributed by atoms with Gasteiger partial charge in [-0.05, 0) is 44.0 Å². The molecule has 0 spiro atoms. The molecule has 1 aromatic rings. The number of nitrogens with zero attached hydrogens (tertiary/aromatic N) is 1. The molecular formula is C15H20N2O5. The van der Waals surface area contributed by atoms with Crippen LogP contribution in [-0.2, 0) is 4.79 Å². The summed E-state index contributed by atoms with van der Waals surface area (Å²) in [6.07, 6.45) is 0.403. The van der Waals surface area contributed by atoms with Crippen molar-refractivity contribution in [3.05, 3.63) is 24.3 Å². The number of piperidine rings is 1. The first-order chi connectivity index (χ1) is 10.5. The van der Waals surface area contributed by atoms with E-state index < -0.39 is 12.2 Å². The van der Waals surface area contributed by atoms with Crippen molar-refractivity contribution >= 4 is 12.0 Å². The Bertz CT molecular complexity index is 523. The summed E-state index contributed by atoms with van der Waals surface area (Å²) in [7, 11) is 0. The van der Waals surface area contributed by atoms with Gasteiger partial charge >= 0.3 is 12.0 Å². The molecule has 1 aromatic carbocycles. The fourth-order valence-electron chi connectivity index (χ4n) is 2.35. The maximum absolute atomic E-state index is 12.1. The molecule has 120 valence electrons. The van der Waals surface area contributed by atoms with Crippen LogP contribution in [0.1, 0.15) is 19.8 Å². The van der Waals surface area contributed by atoms with Gasteiger partial charge in [0.05, 0.1) is 5.92 Å². The van der Waals surface area contributed by atoms with Crippen LogP contribution in [0.3, 0.4) is 0 Å².